The number of halogens is 1. The van der Waals surface area contributed by atoms with Gasteiger partial charge in [-0.05, 0) is 52.9 Å². The Morgan fingerprint density at radius 3 is 2.44 bits per heavy atom. The van der Waals surface area contributed by atoms with Crippen LogP contribution in [0.15, 0.2) is 24.3 Å². The molecule has 8 heteroatoms. The fraction of sp³-hybridized carbons (Fsp3) is 0.471. The Kier molecular flexibility index (Phi) is 7.38. The summed E-state index contributed by atoms with van der Waals surface area (Å²) >= 11 is 5.87. The van der Waals surface area contributed by atoms with Gasteiger partial charge in [0.2, 0.25) is 11.8 Å². The average Bonchev–Trinajstić information content (AvgIpc) is 2.43. The fourth-order valence-electron chi connectivity index (χ4n) is 1.92. The molecule has 0 bridgehead atoms. The summed E-state index contributed by atoms with van der Waals surface area (Å²) in [5, 5.41) is 8.13. The summed E-state index contributed by atoms with van der Waals surface area (Å²) in [6.45, 7) is 7.04. The molecule has 4 amide bonds. The van der Waals surface area contributed by atoms with Crippen LogP contribution < -0.4 is 16.0 Å². The van der Waals surface area contributed by atoms with E-state index in [0.29, 0.717) is 10.7 Å². The molecular formula is C17H25ClN4O3. The molecule has 7 nitrogen and oxygen atoms in total. The van der Waals surface area contributed by atoms with E-state index in [1.165, 1.54) is 0 Å². The molecule has 1 rings (SSSR count). The van der Waals surface area contributed by atoms with Crippen molar-refractivity contribution in [2.24, 2.45) is 0 Å². The molecule has 138 valence electrons. The second-order valence-electron chi connectivity index (χ2n) is 6.84. The van der Waals surface area contributed by atoms with Crippen LogP contribution in [0.4, 0.5) is 10.5 Å². The summed E-state index contributed by atoms with van der Waals surface area (Å²) in [6, 6.07) is 5.56. The minimum Gasteiger partial charge on any atom is -0.333 e. The van der Waals surface area contributed by atoms with Gasteiger partial charge < -0.3 is 10.6 Å². The summed E-state index contributed by atoms with van der Waals surface area (Å²) in [5.41, 5.74) is 0.128. The van der Waals surface area contributed by atoms with E-state index in [9.17, 15) is 14.4 Å². The molecule has 0 aliphatic heterocycles. The molecule has 1 aromatic rings. The number of likely N-dealkylation sites (N-methyl/N-ethyl adjacent to an activating group) is 1. The highest BCUT2D eigenvalue weighted by Crippen LogP contribution is 2.14. The molecule has 1 aromatic carbocycles. The van der Waals surface area contributed by atoms with Crippen LogP contribution in [0, 0.1) is 0 Å². The lowest BCUT2D eigenvalue weighted by molar-refractivity contribution is -0.125. The molecule has 1 atom stereocenters. The van der Waals surface area contributed by atoms with Gasteiger partial charge in [-0.1, -0.05) is 17.7 Å². The van der Waals surface area contributed by atoms with Crippen molar-refractivity contribution < 1.29 is 14.4 Å². The van der Waals surface area contributed by atoms with E-state index in [2.05, 4.69) is 16.0 Å². The summed E-state index contributed by atoms with van der Waals surface area (Å²) in [7, 11) is 1.63. The van der Waals surface area contributed by atoms with Crippen molar-refractivity contribution in [2.45, 2.75) is 39.3 Å². The van der Waals surface area contributed by atoms with Gasteiger partial charge in [-0.2, -0.15) is 0 Å². The number of urea groups is 1. The summed E-state index contributed by atoms with van der Waals surface area (Å²) < 4.78 is 0. The van der Waals surface area contributed by atoms with Gasteiger partial charge in [-0.3, -0.25) is 19.8 Å². The number of carbonyl (C=O) groups is 3. The Labute approximate surface area is 153 Å². The molecule has 0 aliphatic rings. The first-order valence-electron chi connectivity index (χ1n) is 7.86. The lowest BCUT2D eigenvalue weighted by atomic mass is 10.1. The predicted molar refractivity (Wildman–Crippen MR) is 98.6 cm³/mol. The van der Waals surface area contributed by atoms with Crippen LogP contribution in [0.3, 0.4) is 0 Å². The minimum atomic E-state index is -0.657. The lowest BCUT2D eigenvalue weighted by Gasteiger charge is -2.25. The first-order chi connectivity index (χ1) is 11.5. The molecule has 0 aliphatic carbocycles. The van der Waals surface area contributed by atoms with Gasteiger partial charge in [0.1, 0.15) is 0 Å². The molecule has 0 heterocycles. The van der Waals surface area contributed by atoms with Gasteiger partial charge in [0.05, 0.1) is 12.6 Å². The van der Waals surface area contributed by atoms with Crippen molar-refractivity contribution in [3.05, 3.63) is 29.3 Å². The van der Waals surface area contributed by atoms with Crippen LogP contribution in [0.25, 0.3) is 0 Å². The first-order valence-corrected chi connectivity index (χ1v) is 8.24. The Bertz CT molecular complexity index is 643. The number of nitrogens with zero attached hydrogens (tertiary/aromatic N) is 1. The van der Waals surface area contributed by atoms with Crippen molar-refractivity contribution in [3.63, 3.8) is 0 Å². The van der Waals surface area contributed by atoms with Gasteiger partial charge in [-0.25, -0.2) is 4.79 Å². The van der Waals surface area contributed by atoms with Gasteiger partial charge in [0.15, 0.2) is 0 Å². The zero-order valence-corrected chi connectivity index (χ0v) is 15.9. The SMILES string of the molecule is C[C@H](C(=O)NC(=O)NC(C)(C)C)N(C)CC(=O)Nc1cccc(Cl)c1. The van der Waals surface area contributed by atoms with Crippen LogP contribution in [0.5, 0.6) is 0 Å². The monoisotopic (exact) mass is 368 g/mol. The van der Waals surface area contributed by atoms with Crippen molar-refractivity contribution in [3.8, 4) is 0 Å². The highest BCUT2D eigenvalue weighted by atomic mass is 35.5. The highest BCUT2D eigenvalue weighted by Gasteiger charge is 2.23. The number of rotatable bonds is 5. The van der Waals surface area contributed by atoms with Crippen molar-refractivity contribution >= 4 is 35.1 Å². The molecule has 25 heavy (non-hydrogen) atoms. The standard InChI is InChI=1S/C17H25ClN4O3/c1-11(15(24)20-16(25)21-17(2,3)4)22(5)10-14(23)19-13-8-6-7-12(18)9-13/h6-9,11H,10H2,1-5H3,(H,19,23)(H2,20,21,24,25)/t11-/m1/s1. The Morgan fingerprint density at radius 2 is 1.88 bits per heavy atom. The number of amides is 4. The Hall–Kier alpha value is -2.12. The van der Waals surface area contributed by atoms with E-state index in [1.807, 2.05) is 20.8 Å². The number of hydrogen-bond donors (Lipinski definition) is 3. The molecule has 3 N–H and O–H groups in total. The van der Waals surface area contributed by atoms with Gasteiger partial charge in [0, 0.05) is 16.2 Å². The maximum atomic E-state index is 12.1. The summed E-state index contributed by atoms with van der Waals surface area (Å²) in [6.07, 6.45) is 0. The van der Waals surface area contributed by atoms with Crippen LogP contribution in [0.1, 0.15) is 27.7 Å². The Morgan fingerprint density at radius 1 is 1.24 bits per heavy atom. The molecule has 0 saturated carbocycles. The highest BCUT2D eigenvalue weighted by molar-refractivity contribution is 6.30. The molecule has 0 unspecified atom stereocenters. The van der Waals surface area contributed by atoms with Crippen LogP contribution in [-0.4, -0.2) is 47.9 Å². The summed E-state index contributed by atoms with van der Waals surface area (Å²) in [4.78, 5) is 37.4. The van der Waals surface area contributed by atoms with E-state index in [0.717, 1.165) is 0 Å². The van der Waals surface area contributed by atoms with Crippen molar-refractivity contribution in [2.75, 3.05) is 18.9 Å². The van der Waals surface area contributed by atoms with Crippen LogP contribution in [-0.2, 0) is 9.59 Å². The lowest BCUT2D eigenvalue weighted by Crippen LogP contribution is -2.53. The van der Waals surface area contributed by atoms with Crippen LogP contribution >= 0.6 is 11.6 Å². The third-order valence-electron chi connectivity index (χ3n) is 3.27. The topological polar surface area (TPSA) is 90.5 Å². The van der Waals surface area contributed by atoms with E-state index >= 15 is 0 Å². The number of anilines is 1. The molecule has 0 fully saturated rings. The van der Waals surface area contributed by atoms with Gasteiger partial charge >= 0.3 is 6.03 Å². The average molecular weight is 369 g/mol. The number of nitrogens with one attached hydrogen (secondary N) is 3. The number of benzene rings is 1. The van der Waals surface area contributed by atoms with Gasteiger partial charge in [0.25, 0.3) is 0 Å². The zero-order valence-electron chi connectivity index (χ0n) is 15.1. The van der Waals surface area contributed by atoms with Crippen molar-refractivity contribution in [1.82, 2.24) is 15.5 Å². The predicted octanol–water partition coefficient (Wildman–Crippen LogP) is 2.22. The maximum Gasteiger partial charge on any atom is 0.321 e. The number of carbonyl (C=O) groups excluding carboxylic acids is 3. The number of imide groups is 1. The normalized spacial score (nSPS) is 12.4. The molecule has 0 aromatic heterocycles. The van der Waals surface area contributed by atoms with Crippen LogP contribution in [0.2, 0.25) is 5.02 Å². The first kappa shape index (κ1) is 20.9. The van der Waals surface area contributed by atoms with Crippen molar-refractivity contribution in [1.29, 1.82) is 0 Å². The third kappa shape index (κ3) is 8.00. The zero-order chi connectivity index (χ0) is 19.2. The molecule has 0 saturated heterocycles. The van der Waals surface area contributed by atoms with E-state index in [1.54, 1.807) is 43.1 Å². The fourth-order valence-corrected chi connectivity index (χ4v) is 2.11. The van der Waals surface area contributed by atoms with E-state index < -0.39 is 23.5 Å². The summed E-state index contributed by atoms with van der Waals surface area (Å²) in [5.74, 6) is -0.775. The quantitative estimate of drug-likeness (QED) is 0.743. The second-order valence-corrected chi connectivity index (χ2v) is 7.28. The van der Waals surface area contributed by atoms with E-state index in [4.69, 9.17) is 11.6 Å². The molecule has 0 spiro atoms. The largest absolute Gasteiger partial charge is 0.333 e. The minimum absolute atomic E-state index is 0.0119. The van der Waals surface area contributed by atoms with E-state index in [-0.39, 0.29) is 12.5 Å². The Balaban J connectivity index is 2.52. The maximum absolute atomic E-state index is 12.1. The third-order valence-corrected chi connectivity index (χ3v) is 3.50. The number of hydrogen-bond acceptors (Lipinski definition) is 4. The van der Waals surface area contributed by atoms with Gasteiger partial charge in [-0.15, -0.1) is 0 Å². The molecular weight excluding hydrogens is 344 g/mol. The second kappa shape index (κ2) is 8.82. The smallest absolute Gasteiger partial charge is 0.321 e. The molecule has 0 radical (unpaired) electrons.